The second-order valence-electron chi connectivity index (χ2n) is 7.47. The number of hydrogen-bond acceptors (Lipinski definition) is 5. The molecule has 0 spiro atoms. The summed E-state index contributed by atoms with van der Waals surface area (Å²) in [5.41, 5.74) is 6.57. The van der Waals surface area contributed by atoms with Crippen molar-refractivity contribution in [1.29, 1.82) is 0 Å². The number of allylic oxidation sites excluding steroid dienone is 1. The fraction of sp³-hybridized carbons (Fsp3) is 0.250. The van der Waals surface area contributed by atoms with Crippen LogP contribution in [-0.4, -0.2) is 22.1 Å². The van der Waals surface area contributed by atoms with Crippen molar-refractivity contribution in [3.05, 3.63) is 83.7 Å². The van der Waals surface area contributed by atoms with Gasteiger partial charge in [0.25, 0.3) is 0 Å². The van der Waals surface area contributed by atoms with E-state index in [4.69, 9.17) is 17.1 Å². The zero-order valence-corrected chi connectivity index (χ0v) is 17.7. The molecular formula is C24H25N3O2S. The van der Waals surface area contributed by atoms with E-state index in [1.165, 1.54) is 0 Å². The third-order valence-electron chi connectivity index (χ3n) is 5.62. The summed E-state index contributed by atoms with van der Waals surface area (Å²) < 4.78 is 0. The van der Waals surface area contributed by atoms with E-state index in [0.717, 1.165) is 52.0 Å². The van der Waals surface area contributed by atoms with Crippen molar-refractivity contribution in [2.24, 2.45) is 0 Å². The van der Waals surface area contributed by atoms with Crippen LogP contribution in [0.25, 0.3) is 10.9 Å². The third kappa shape index (κ3) is 3.88. The van der Waals surface area contributed by atoms with Crippen molar-refractivity contribution < 1.29 is 9.94 Å². The van der Waals surface area contributed by atoms with Crippen molar-refractivity contribution in [3.63, 3.8) is 0 Å². The van der Waals surface area contributed by atoms with Gasteiger partial charge in [0.15, 0.2) is 0 Å². The average Bonchev–Trinajstić information content (AvgIpc) is 2.80. The Morgan fingerprint density at radius 1 is 1.20 bits per heavy atom. The van der Waals surface area contributed by atoms with E-state index in [9.17, 15) is 5.11 Å². The maximum Gasteiger partial charge on any atom is 0.115 e. The molecule has 0 saturated heterocycles. The van der Waals surface area contributed by atoms with Crippen molar-refractivity contribution >= 4 is 28.1 Å². The first-order valence-corrected chi connectivity index (χ1v) is 10.5. The Kier molecular flexibility index (Phi) is 5.97. The van der Waals surface area contributed by atoms with Gasteiger partial charge < -0.3 is 10.4 Å². The smallest absolute Gasteiger partial charge is 0.115 e. The lowest BCUT2D eigenvalue weighted by atomic mass is 9.71. The number of nitrogens with zero attached hydrogens (tertiary/aromatic N) is 1. The SMILES string of the molecule is CNC(=S)C1(c2cnc3ccccc3c2)CCCC=C1NOCc1ccc(O)cc1. The van der Waals surface area contributed by atoms with Gasteiger partial charge in [-0.3, -0.25) is 15.3 Å². The molecule has 154 valence electrons. The van der Waals surface area contributed by atoms with Crippen LogP contribution in [0, 0.1) is 0 Å². The van der Waals surface area contributed by atoms with E-state index in [1.807, 2.05) is 43.6 Å². The quantitative estimate of drug-likeness (QED) is 0.403. The fourth-order valence-corrected chi connectivity index (χ4v) is 4.36. The van der Waals surface area contributed by atoms with Crippen LogP contribution in [0.4, 0.5) is 0 Å². The molecule has 30 heavy (non-hydrogen) atoms. The van der Waals surface area contributed by atoms with Gasteiger partial charge in [0.1, 0.15) is 5.75 Å². The minimum atomic E-state index is -0.520. The second kappa shape index (κ2) is 8.81. The van der Waals surface area contributed by atoms with E-state index in [-0.39, 0.29) is 5.75 Å². The van der Waals surface area contributed by atoms with Crippen LogP contribution in [-0.2, 0) is 16.9 Å². The number of para-hydroxylation sites is 1. The van der Waals surface area contributed by atoms with Gasteiger partial charge in [-0.05, 0) is 54.7 Å². The van der Waals surface area contributed by atoms with Crippen LogP contribution in [0.15, 0.2) is 72.6 Å². The zero-order valence-electron chi connectivity index (χ0n) is 16.9. The first-order valence-electron chi connectivity index (χ1n) is 10.1. The van der Waals surface area contributed by atoms with E-state index >= 15 is 0 Å². The largest absolute Gasteiger partial charge is 0.508 e. The number of rotatable bonds is 6. The van der Waals surface area contributed by atoms with Gasteiger partial charge in [0, 0.05) is 18.6 Å². The Morgan fingerprint density at radius 2 is 2.00 bits per heavy atom. The summed E-state index contributed by atoms with van der Waals surface area (Å²) in [4.78, 5) is 11.3. The fourth-order valence-electron chi connectivity index (χ4n) is 4.03. The van der Waals surface area contributed by atoms with E-state index in [1.54, 1.807) is 12.1 Å². The summed E-state index contributed by atoms with van der Waals surface area (Å²) in [6.07, 6.45) is 6.94. The molecule has 0 fully saturated rings. The van der Waals surface area contributed by atoms with Gasteiger partial charge in [-0.1, -0.05) is 48.6 Å². The number of pyridine rings is 1. The van der Waals surface area contributed by atoms with Gasteiger partial charge in [-0.15, -0.1) is 0 Å². The van der Waals surface area contributed by atoms with Gasteiger partial charge in [-0.2, -0.15) is 0 Å². The van der Waals surface area contributed by atoms with Crippen LogP contribution in [0.2, 0.25) is 0 Å². The number of phenolic OH excluding ortho intramolecular Hbond substituents is 1. The predicted octanol–water partition coefficient (Wildman–Crippen LogP) is 4.51. The van der Waals surface area contributed by atoms with E-state index in [2.05, 4.69) is 34.0 Å². The number of nitrogens with one attached hydrogen (secondary N) is 2. The summed E-state index contributed by atoms with van der Waals surface area (Å²) in [5.74, 6) is 0.240. The maximum atomic E-state index is 9.45. The number of aromatic hydroxyl groups is 1. The Bertz CT molecular complexity index is 1080. The number of fused-ring (bicyclic) bond motifs is 1. The average molecular weight is 420 g/mol. The van der Waals surface area contributed by atoms with Gasteiger partial charge >= 0.3 is 0 Å². The number of thiocarbonyl (C=S) groups is 1. The number of aromatic nitrogens is 1. The molecule has 0 aliphatic heterocycles. The molecule has 1 aliphatic rings. The molecule has 1 atom stereocenters. The van der Waals surface area contributed by atoms with E-state index in [0.29, 0.717) is 6.61 Å². The van der Waals surface area contributed by atoms with Crippen molar-refractivity contribution in [2.45, 2.75) is 31.3 Å². The highest BCUT2D eigenvalue weighted by molar-refractivity contribution is 7.80. The highest BCUT2D eigenvalue weighted by Crippen LogP contribution is 2.41. The summed E-state index contributed by atoms with van der Waals surface area (Å²) in [6, 6.07) is 17.3. The number of likely N-dealkylation sites (N-methyl/N-ethyl adjacent to an activating group) is 1. The highest BCUT2D eigenvalue weighted by atomic mass is 32.1. The molecule has 0 bridgehead atoms. The predicted molar refractivity (Wildman–Crippen MR) is 123 cm³/mol. The van der Waals surface area contributed by atoms with Gasteiger partial charge in [0.2, 0.25) is 0 Å². The zero-order chi connectivity index (χ0) is 21.0. The molecular weight excluding hydrogens is 394 g/mol. The van der Waals surface area contributed by atoms with Crippen LogP contribution in [0.5, 0.6) is 5.75 Å². The first-order chi connectivity index (χ1) is 14.6. The minimum absolute atomic E-state index is 0.240. The maximum absolute atomic E-state index is 9.45. The second-order valence-corrected chi connectivity index (χ2v) is 7.88. The molecule has 4 rings (SSSR count). The lowest BCUT2D eigenvalue weighted by Gasteiger charge is -2.39. The van der Waals surface area contributed by atoms with Crippen LogP contribution < -0.4 is 10.8 Å². The minimum Gasteiger partial charge on any atom is -0.508 e. The van der Waals surface area contributed by atoms with E-state index < -0.39 is 5.41 Å². The Labute approximate surface area is 181 Å². The molecule has 1 heterocycles. The molecule has 1 aromatic heterocycles. The van der Waals surface area contributed by atoms with Crippen molar-refractivity contribution in [3.8, 4) is 5.75 Å². The van der Waals surface area contributed by atoms with Gasteiger partial charge in [0.05, 0.1) is 28.2 Å². The highest BCUT2D eigenvalue weighted by Gasteiger charge is 2.42. The molecule has 5 nitrogen and oxygen atoms in total. The van der Waals surface area contributed by atoms with Crippen molar-refractivity contribution in [1.82, 2.24) is 15.8 Å². The van der Waals surface area contributed by atoms with Crippen LogP contribution in [0.1, 0.15) is 30.4 Å². The lowest BCUT2D eigenvalue weighted by Crippen LogP contribution is -2.48. The summed E-state index contributed by atoms with van der Waals surface area (Å²) in [6.45, 7) is 0.371. The normalized spacial score (nSPS) is 18.6. The summed E-state index contributed by atoms with van der Waals surface area (Å²) >= 11 is 5.82. The van der Waals surface area contributed by atoms with Crippen molar-refractivity contribution in [2.75, 3.05) is 7.05 Å². The summed E-state index contributed by atoms with van der Waals surface area (Å²) in [7, 11) is 1.86. The van der Waals surface area contributed by atoms with Crippen LogP contribution in [0.3, 0.4) is 0 Å². The monoisotopic (exact) mass is 419 g/mol. The molecule has 2 aromatic carbocycles. The number of hydroxylamine groups is 1. The summed E-state index contributed by atoms with van der Waals surface area (Å²) in [5, 5.41) is 13.7. The molecule has 3 aromatic rings. The molecule has 0 radical (unpaired) electrons. The topological polar surface area (TPSA) is 66.4 Å². The number of benzene rings is 2. The number of hydrogen-bond donors (Lipinski definition) is 3. The Morgan fingerprint density at radius 3 is 2.80 bits per heavy atom. The number of phenols is 1. The Balaban J connectivity index is 1.65. The third-order valence-corrected chi connectivity index (χ3v) is 6.17. The molecule has 0 amide bonds. The molecule has 3 N–H and O–H groups in total. The molecule has 0 saturated carbocycles. The van der Waals surface area contributed by atoms with Crippen LogP contribution >= 0.6 is 12.2 Å². The molecule has 6 heteroatoms. The lowest BCUT2D eigenvalue weighted by molar-refractivity contribution is 0.0409. The molecule has 1 aliphatic carbocycles. The van der Waals surface area contributed by atoms with Gasteiger partial charge in [-0.25, -0.2) is 0 Å². The first kappa shape index (κ1) is 20.3. The molecule has 1 unspecified atom stereocenters. The Hall–Kier alpha value is -2.96. The standard InChI is InChI=1S/C24H25N3O2S/c1-25-23(30)24(19-14-18-6-2-3-7-21(18)26-15-19)13-5-4-8-22(24)27-29-16-17-9-11-20(28)12-10-17/h2-3,6-12,14-15,27-28H,4-5,13,16H2,1H3,(H,25,30).